The van der Waals surface area contributed by atoms with E-state index in [1.807, 2.05) is 6.07 Å². The second-order valence-electron chi connectivity index (χ2n) is 4.94. The molecule has 100 valence electrons. The predicted octanol–water partition coefficient (Wildman–Crippen LogP) is 1.90. The van der Waals surface area contributed by atoms with Gasteiger partial charge < -0.3 is 15.4 Å². The highest BCUT2D eigenvalue weighted by atomic mass is 19.1. The predicted molar refractivity (Wildman–Crippen MR) is 69.6 cm³/mol. The van der Waals surface area contributed by atoms with E-state index >= 15 is 0 Å². The molecule has 1 aromatic carbocycles. The molecule has 18 heavy (non-hydrogen) atoms. The van der Waals surface area contributed by atoms with Gasteiger partial charge in [-0.05, 0) is 31.5 Å². The molecule has 1 saturated heterocycles. The number of benzene rings is 1. The van der Waals surface area contributed by atoms with Gasteiger partial charge in [-0.25, -0.2) is 4.39 Å². The van der Waals surface area contributed by atoms with Gasteiger partial charge in [0.15, 0.2) is 0 Å². The van der Waals surface area contributed by atoms with E-state index in [2.05, 4.69) is 11.9 Å². The van der Waals surface area contributed by atoms with Crippen LogP contribution in [0.2, 0.25) is 0 Å². The van der Waals surface area contributed by atoms with Crippen LogP contribution in [0.1, 0.15) is 24.0 Å². The first kappa shape index (κ1) is 13.5. The van der Waals surface area contributed by atoms with Gasteiger partial charge in [-0.2, -0.15) is 0 Å². The maximum absolute atomic E-state index is 13.5. The summed E-state index contributed by atoms with van der Waals surface area (Å²) in [6, 6.07) is 5.15. The largest absolute Gasteiger partial charge is 0.373 e. The molecule has 2 rings (SSSR count). The molecular weight excluding hydrogens is 231 g/mol. The van der Waals surface area contributed by atoms with Crippen LogP contribution in [0.5, 0.6) is 0 Å². The Kier molecular flexibility index (Phi) is 4.69. The summed E-state index contributed by atoms with van der Waals surface area (Å²) in [7, 11) is 2.12. The van der Waals surface area contributed by atoms with E-state index in [4.69, 9.17) is 10.5 Å². The minimum absolute atomic E-state index is 0.234. The van der Waals surface area contributed by atoms with Crippen molar-refractivity contribution in [2.24, 2.45) is 5.73 Å². The van der Waals surface area contributed by atoms with E-state index in [1.165, 1.54) is 6.07 Å². The number of piperidine rings is 1. The summed E-state index contributed by atoms with van der Waals surface area (Å²) in [4.78, 5) is 2.30. The molecule has 1 heterocycles. The summed E-state index contributed by atoms with van der Waals surface area (Å²) in [6.45, 7) is 2.87. The Morgan fingerprint density at radius 2 is 2.11 bits per heavy atom. The standard InChI is InChI=1S/C14H21FN2O/c1-17-6-4-13(5-7-17)18-10-11-2-3-12(9-16)14(15)8-11/h2-3,8,13H,4-7,9-10,16H2,1H3. The molecule has 1 aliphatic heterocycles. The first-order valence-electron chi connectivity index (χ1n) is 6.46. The fraction of sp³-hybridized carbons (Fsp3) is 0.571. The zero-order valence-electron chi connectivity index (χ0n) is 10.9. The Hall–Kier alpha value is -0.970. The lowest BCUT2D eigenvalue weighted by Crippen LogP contribution is -2.34. The quantitative estimate of drug-likeness (QED) is 0.889. The highest BCUT2D eigenvalue weighted by Gasteiger charge is 2.17. The molecule has 4 heteroatoms. The zero-order valence-corrected chi connectivity index (χ0v) is 10.9. The number of rotatable bonds is 4. The summed E-state index contributed by atoms with van der Waals surface area (Å²) in [5.41, 5.74) is 6.86. The van der Waals surface area contributed by atoms with Gasteiger partial charge in [-0.15, -0.1) is 0 Å². The van der Waals surface area contributed by atoms with Gasteiger partial charge in [-0.1, -0.05) is 12.1 Å². The average molecular weight is 252 g/mol. The molecule has 1 aromatic rings. The van der Waals surface area contributed by atoms with Crippen molar-refractivity contribution < 1.29 is 9.13 Å². The summed E-state index contributed by atoms with van der Waals surface area (Å²) in [5.74, 6) is -0.234. The number of hydrogen-bond acceptors (Lipinski definition) is 3. The SMILES string of the molecule is CN1CCC(OCc2ccc(CN)c(F)c2)CC1. The van der Waals surface area contributed by atoms with E-state index in [0.717, 1.165) is 31.5 Å². The van der Waals surface area contributed by atoms with Crippen LogP contribution >= 0.6 is 0 Å². The number of ether oxygens (including phenoxy) is 1. The number of likely N-dealkylation sites (tertiary alicyclic amines) is 1. The van der Waals surface area contributed by atoms with Crippen molar-refractivity contribution in [3.8, 4) is 0 Å². The van der Waals surface area contributed by atoms with Gasteiger partial charge >= 0.3 is 0 Å². The lowest BCUT2D eigenvalue weighted by Gasteiger charge is -2.28. The first-order valence-corrected chi connectivity index (χ1v) is 6.46. The van der Waals surface area contributed by atoms with Gasteiger partial charge in [0.1, 0.15) is 5.82 Å². The minimum Gasteiger partial charge on any atom is -0.373 e. The number of nitrogens with zero attached hydrogens (tertiary/aromatic N) is 1. The maximum atomic E-state index is 13.5. The molecule has 0 aromatic heterocycles. The molecule has 0 radical (unpaired) electrons. The molecule has 0 bridgehead atoms. The van der Waals surface area contributed by atoms with Crippen molar-refractivity contribution >= 4 is 0 Å². The van der Waals surface area contributed by atoms with E-state index < -0.39 is 0 Å². The van der Waals surface area contributed by atoms with Crippen molar-refractivity contribution in [2.45, 2.75) is 32.1 Å². The Bertz CT molecular complexity index is 389. The monoisotopic (exact) mass is 252 g/mol. The fourth-order valence-corrected chi connectivity index (χ4v) is 2.21. The molecular formula is C14H21FN2O. The van der Waals surface area contributed by atoms with Crippen molar-refractivity contribution in [1.82, 2.24) is 4.90 Å². The van der Waals surface area contributed by atoms with Crippen molar-refractivity contribution in [3.63, 3.8) is 0 Å². The third kappa shape index (κ3) is 3.51. The molecule has 0 amide bonds. The van der Waals surface area contributed by atoms with Crippen LogP contribution in [0.25, 0.3) is 0 Å². The Morgan fingerprint density at radius 3 is 2.72 bits per heavy atom. The summed E-state index contributed by atoms with van der Waals surface area (Å²) in [5, 5.41) is 0. The molecule has 1 fully saturated rings. The summed E-state index contributed by atoms with van der Waals surface area (Å²) < 4.78 is 19.3. The topological polar surface area (TPSA) is 38.5 Å². The third-order valence-electron chi connectivity index (χ3n) is 3.49. The van der Waals surface area contributed by atoms with Gasteiger partial charge in [-0.3, -0.25) is 0 Å². The number of nitrogens with two attached hydrogens (primary N) is 1. The van der Waals surface area contributed by atoms with Gasteiger partial charge in [0.2, 0.25) is 0 Å². The molecule has 3 nitrogen and oxygen atoms in total. The molecule has 2 N–H and O–H groups in total. The Morgan fingerprint density at radius 1 is 1.39 bits per heavy atom. The summed E-state index contributed by atoms with van der Waals surface area (Å²) in [6.07, 6.45) is 2.41. The van der Waals surface area contributed by atoms with Gasteiger partial charge in [0.05, 0.1) is 12.7 Å². The van der Waals surface area contributed by atoms with Crippen LogP contribution in [0, 0.1) is 5.82 Å². The van der Waals surface area contributed by atoms with E-state index in [1.54, 1.807) is 6.07 Å². The highest BCUT2D eigenvalue weighted by molar-refractivity contribution is 5.23. The summed E-state index contributed by atoms with van der Waals surface area (Å²) >= 11 is 0. The van der Waals surface area contributed by atoms with Crippen molar-refractivity contribution in [2.75, 3.05) is 20.1 Å². The Balaban J connectivity index is 1.84. The van der Waals surface area contributed by atoms with E-state index in [0.29, 0.717) is 18.3 Å². The maximum Gasteiger partial charge on any atom is 0.128 e. The molecule has 0 spiro atoms. The van der Waals surface area contributed by atoms with Crippen LogP contribution in [0.3, 0.4) is 0 Å². The third-order valence-corrected chi connectivity index (χ3v) is 3.49. The van der Waals surface area contributed by atoms with Gasteiger partial charge in [0.25, 0.3) is 0 Å². The molecule has 0 atom stereocenters. The van der Waals surface area contributed by atoms with E-state index in [-0.39, 0.29) is 12.4 Å². The fourth-order valence-electron chi connectivity index (χ4n) is 2.21. The molecule has 1 aliphatic rings. The first-order chi connectivity index (χ1) is 8.69. The van der Waals surface area contributed by atoms with E-state index in [9.17, 15) is 4.39 Å². The second-order valence-corrected chi connectivity index (χ2v) is 4.94. The van der Waals surface area contributed by atoms with Crippen LogP contribution in [-0.4, -0.2) is 31.1 Å². The Labute approximate surface area is 108 Å². The van der Waals surface area contributed by atoms with Crippen LogP contribution < -0.4 is 5.73 Å². The van der Waals surface area contributed by atoms with Gasteiger partial charge in [0, 0.05) is 25.2 Å². The average Bonchev–Trinajstić information content (AvgIpc) is 2.38. The zero-order chi connectivity index (χ0) is 13.0. The van der Waals surface area contributed by atoms with Crippen molar-refractivity contribution in [1.29, 1.82) is 0 Å². The number of hydrogen-bond donors (Lipinski definition) is 1. The lowest BCUT2D eigenvalue weighted by atomic mass is 10.1. The molecule has 0 aliphatic carbocycles. The second kappa shape index (κ2) is 6.27. The smallest absolute Gasteiger partial charge is 0.128 e. The number of halogens is 1. The lowest BCUT2D eigenvalue weighted by molar-refractivity contribution is 0.00204. The molecule has 0 saturated carbocycles. The van der Waals surface area contributed by atoms with Crippen molar-refractivity contribution in [3.05, 3.63) is 35.1 Å². The highest BCUT2D eigenvalue weighted by Crippen LogP contribution is 2.16. The minimum atomic E-state index is -0.234. The van der Waals surface area contributed by atoms with Crippen LogP contribution in [0.4, 0.5) is 4.39 Å². The van der Waals surface area contributed by atoms with Crippen LogP contribution in [-0.2, 0) is 17.9 Å². The van der Waals surface area contributed by atoms with Crippen LogP contribution in [0.15, 0.2) is 18.2 Å². The molecule has 0 unspecified atom stereocenters. The normalized spacial score (nSPS) is 18.2.